The van der Waals surface area contributed by atoms with Gasteiger partial charge in [0.25, 0.3) is 0 Å². The summed E-state index contributed by atoms with van der Waals surface area (Å²) < 4.78 is 5.28. The van der Waals surface area contributed by atoms with Crippen molar-refractivity contribution in [1.29, 1.82) is 0 Å². The second kappa shape index (κ2) is 4.24. The van der Waals surface area contributed by atoms with Gasteiger partial charge in [0.1, 0.15) is 5.58 Å². The van der Waals surface area contributed by atoms with Crippen LogP contribution in [0, 0.1) is 0 Å². The first-order valence-electron chi connectivity index (χ1n) is 5.85. The van der Waals surface area contributed by atoms with Crippen LogP contribution >= 0.6 is 0 Å². The Morgan fingerprint density at radius 2 is 1.95 bits per heavy atom. The normalized spacial score (nSPS) is 12.2. The maximum absolute atomic E-state index is 11.8. The van der Waals surface area contributed by atoms with Crippen LogP contribution in [-0.2, 0) is 0 Å². The van der Waals surface area contributed by atoms with E-state index in [1.54, 1.807) is 19.1 Å². The van der Waals surface area contributed by atoms with Crippen molar-refractivity contribution in [2.45, 2.75) is 6.92 Å². The summed E-state index contributed by atoms with van der Waals surface area (Å²) in [5.41, 5.74) is 0.534. The van der Waals surface area contributed by atoms with Crippen LogP contribution in [0.2, 0.25) is 0 Å². The van der Waals surface area contributed by atoms with Crippen molar-refractivity contribution < 1.29 is 9.62 Å². The van der Waals surface area contributed by atoms with E-state index in [1.165, 1.54) is 0 Å². The first-order chi connectivity index (χ1) is 9.20. The Balaban J connectivity index is 2.48. The first-order valence-corrected chi connectivity index (χ1v) is 5.85. The number of benzene rings is 2. The lowest BCUT2D eigenvalue weighted by atomic mass is 10.0. The third kappa shape index (κ3) is 1.78. The molecule has 4 heteroatoms. The highest BCUT2D eigenvalue weighted by Crippen LogP contribution is 2.24. The predicted molar refractivity (Wildman–Crippen MR) is 74.0 cm³/mol. The number of oxime groups is 1. The lowest BCUT2D eigenvalue weighted by Gasteiger charge is -2.04. The Labute approximate surface area is 108 Å². The monoisotopic (exact) mass is 253 g/mol. The molecule has 3 rings (SSSR count). The lowest BCUT2D eigenvalue weighted by molar-refractivity contribution is 0.319. The van der Waals surface area contributed by atoms with Crippen molar-refractivity contribution >= 4 is 27.5 Å². The van der Waals surface area contributed by atoms with E-state index in [1.807, 2.05) is 30.3 Å². The minimum atomic E-state index is -0.502. The molecule has 4 nitrogen and oxygen atoms in total. The molecule has 0 aliphatic carbocycles. The molecule has 0 aliphatic rings. The summed E-state index contributed by atoms with van der Waals surface area (Å²) >= 11 is 0. The summed E-state index contributed by atoms with van der Waals surface area (Å²) in [6.07, 6.45) is 0. The summed E-state index contributed by atoms with van der Waals surface area (Å²) in [5, 5.41) is 14.8. The fraction of sp³-hybridized carbons (Fsp3) is 0.0667. The van der Waals surface area contributed by atoms with Gasteiger partial charge in [-0.3, -0.25) is 0 Å². The van der Waals surface area contributed by atoms with E-state index in [4.69, 9.17) is 9.62 Å². The van der Waals surface area contributed by atoms with Gasteiger partial charge >= 0.3 is 5.63 Å². The van der Waals surface area contributed by atoms with Gasteiger partial charge in [-0.15, -0.1) is 0 Å². The molecule has 94 valence electrons. The molecule has 19 heavy (non-hydrogen) atoms. The standard InChI is InChI=1S/C15H11NO3/c1-9(16-18)12-8-13-11-5-3-2-4-10(11)6-7-14(13)19-15(12)17/h2-8,18H,1H3/b16-9-. The maximum Gasteiger partial charge on any atom is 0.345 e. The number of rotatable bonds is 1. The molecule has 1 aromatic heterocycles. The van der Waals surface area contributed by atoms with Gasteiger partial charge in [0.2, 0.25) is 0 Å². The molecule has 0 fully saturated rings. The molecule has 1 heterocycles. The highest BCUT2D eigenvalue weighted by atomic mass is 16.4. The number of nitrogens with zero attached hydrogens (tertiary/aromatic N) is 1. The zero-order valence-corrected chi connectivity index (χ0v) is 10.3. The van der Waals surface area contributed by atoms with Crippen LogP contribution in [0.15, 0.2) is 56.8 Å². The third-order valence-corrected chi connectivity index (χ3v) is 3.18. The van der Waals surface area contributed by atoms with E-state index in [0.717, 1.165) is 16.2 Å². The van der Waals surface area contributed by atoms with E-state index < -0.39 is 5.63 Å². The fourth-order valence-electron chi connectivity index (χ4n) is 2.18. The molecule has 0 saturated heterocycles. The molecule has 0 aliphatic heterocycles. The topological polar surface area (TPSA) is 62.8 Å². The molecule has 3 aromatic rings. The summed E-state index contributed by atoms with van der Waals surface area (Å²) in [6.45, 7) is 1.56. The van der Waals surface area contributed by atoms with E-state index in [2.05, 4.69) is 5.16 Å². The Morgan fingerprint density at radius 3 is 2.74 bits per heavy atom. The van der Waals surface area contributed by atoms with Crippen molar-refractivity contribution in [3.63, 3.8) is 0 Å². The highest BCUT2D eigenvalue weighted by molar-refractivity contribution is 6.08. The van der Waals surface area contributed by atoms with Crippen LogP contribution in [0.3, 0.4) is 0 Å². The summed E-state index contributed by atoms with van der Waals surface area (Å²) in [7, 11) is 0. The van der Waals surface area contributed by atoms with Crippen molar-refractivity contribution in [1.82, 2.24) is 0 Å². The molecule has 0 spiro atoms. The molecule has 0 radical (unpaired) electrons. The molecular formula is C15H11NO3. The first kappa shape index (κ1) is 11.5. The van der Waals surface area contributed by atoms with Crippen molar-refractivity contribution in [3.8, 4) is 0 Å². The van der Waals surface area contributed by atoms with Crippen LogP contribution in [0.4, 0.5) is 0 Å². The van der Waals surface area contributed by atoms with Gasteiger partial charge in [0.05, 0.1) is 11.3 Å². The zero-order valence-electron chi connectivity index (χ0n) is 10.3. The lowest BCUT2D eigenvalue weighted by Crippen LogP contribution is -2.12. The second-order valence-corrected chi connectivity index (χ2v) is 4.33. The van der Waals surface area contributed by atoms with Crippen LogP contribution < -0.4 is 5.63 Å². The molecular weight excluding hydrogens is 242 g/mol. The van der Waals surface area contributed by atoms with Crippen LogP contribution in [-0.4, -0.2) is 10.9 Å². The molecule has 2 aromatic carbocycles. The van der Waals surface area contributed by atoms with E-state index in [9.17, 15) is 4.79 Å². The largest absolute Gasteiger partial charge is 0.422 e. The Bertz CT molecular complexity index is 862. The minimum absolute atomic E-state index is 0.239. The summed E-state index contributed by atoms with van der Waals surface area (Å²) in [6, 6.07) is 13.2. The Kier molecular flexibility index (Phi) is 2.56. The number of hydrogen-bond acceptors (Lipinski definition) is 4. The van der Waals surface area contributed by atoms with Crippen molar-refractivity contribution in [2.75, 3.05) is 0 Å². The Morgan fingerprint density at radius 1 is 1.16 bits per heavy atom. The molecule has 0 atom stereocenters. The fourth-order valence-corrected chi connectivity index (χ4v) is 2.18. The molecule has 0 saturated carbocycles. The third-order valence-electron chi connectivity index (χ3n) is 3.18. The van der Waals surface area contributed by atoms with Gasteiger partial charge in [-0.1, -0.05) is 35.5 Å². The predicted octanol–water partition coefficient (Wildman–Crippen LogP) is 3.14. The van der Waals surface area contributed by atoms with Crippen LogP contribution in [0.25, 0.3) is 21.7 Å². The molecule has 0 amide bonds. The molecule has 1 N–H and O–H groups in total. The average molecular weight is 253 g/mol. The van der Waals surface area contributed by atoms with Crippen LogP contribution in [0.5, 0.6) is 0 Å². The highest BCUT2D eigenvalue weighted by Gasteiger charge is 2.10. The summed E-state index contributed by atoms with van der Waals surface area (Å²) in [4.78, 5) is 11.8. The van der Waals surface area contributed by atoms with E-state index in [0.29, 0.717) is 5.58 Å². The van der Waals surface area contributed by atoms with Crippen molar-refractivity contribution in [2.24, 2.45) is 5.16 Å². The summed E-state index contributed by atoms with van der Waals surface area (Å²) in [5.74, 6) is 0. The van der Waals surface area contributed by atoms with Crippen molar-refractivity contribution in [3.05, 3.63) is 58.4 Å². The quantitative estimate of drug-likeness (QED) is 0.238. The Hall–Kier alpha value is -2.62. The molecule has 0 unspecified atom stereocenters. The van der Waals surface area contributed by atoms with E-state index >= 15 is 0 Å². The smallest absolute Gasteiger partial charge is 0.345 e. The molecule has 0 bridgehead atoms. The zero-order chi connectivity index (χ0) is 13.4. The van der Waals surface area contributed by atoms with Gasteiger partial charge in [-0.05, 0) is 29.8 Å². The van der Waals surface area contributed by atoms with Crippen LogP contribution in [0.1, 0.15) is 12.5 Å². The minimum Gasteiger partial charge on any atom is -0.422 e. The van der Waals surface area contributed by atoms with Gasteiger partial charge in [0.15, 0.2) is 0 Å². The van der Waals surface area contributed by atoms with Gasteiger partial charge in [-0.2, -0.15) is 0 Å². The number of fused-ring (bicyclic) bond motifs is 3. The maximum atomic E-state index is 11.8. The second-order valence-electron chi connectivity index (χ2n) is 4.33. The van der Waals surface area contributed by atoms with Gasteiger partial charge < -0.3 is 9.62 Å². The van der Waals surface area contributed by atoms with Gasteiger partial charge in [0, 0.05) is 5.39 Å². The average Bonchev–Trinajstić information content (AvgIpc) is 2.45. The number of hydrogen-bond donors (Lipinski definition) is 1. The van der Waals surface area contributed by atoms with Gasteiger partial charge in [-0.25, -0.2) is 4.79 Å². The van der Waals surface area contributed by atoms with E-state index in [-0.39, 0.29) is 11.3 Å². The SMILES string of the molecule is C/C(=N/O)c1cc2c(ccc3ccccc32)oc1=O.